The van der Waals surface area contributed by atoms with Crippen LogP contribution in [0.4, 0.5) is 0 Å². The second kappa shape index (κ2) is 5.92. The van der Waals surface area contributed by atoms with E-state index in [0.29, 0.717) is 27.6 Å². The lowest BCUT2D eigenvalue weighted by Crippen LogP contribution is -2.23. The van der Waals surface area contributed by atoms with E-state index in [2.05, 4.69) is 4.98 Å². The van der Waals surface area contributed by atoms with Crippen LogP contribution in [0.5, 0.6) is 0 Å². The molecule has 3 aromatic rings. The van der Waals surface area contributed by atoms with Crippen LogP contribution in [-0.4, -0.2) is 15.8 Å². The summed E-state index contributed by atoms with van der Waals surface area (Å²) in [6, 6.07) is 15.1. The highest BCUT2D eigenvalue weighted by Crippen LogP contribution is 2.19. The van der Waals surface area contributed by atoms with E-state index in [1.807, 2.05) is 36.6 Å². The van der Waals surface area contributed by atoms with Gasteiger partial charge in [-0.25, -0.2) is 4.98 Å². The van der Waals surface area contributed by atoms with Gasteiger partial charge in [-0.2, -0.15) is 0 Å². The van der Waals surface area contributed by atoms with E-state index in [4.69, 9.17) is 11.6 Å². The summed E-state index contributed by atoms with van der Waals surface area (Å²) in [5.74, 6) is 0. The molecule has 3 nitrogen and oxygen atoms in total. The van der Waals surface area contributed by atoms with Gasteiger partial charge in [0.2, 0.25) is 0 Å². The molecule has 0 bridgehead atoms. The molecule has 0 unspecified atom stereocenters. The number of hydrogen-bond donors (Lipinski definition) is 0. The Kier molecular flexibility index (Phi) is 3.99. The van der Waals surface area contributed by atoms with Crippen LogP contribution in [0.3, 0.4) is 0 Å². The van der Waals surface area contributed by atoms with Crippen molar-refractivity contribution < 1.29 is 0 Å². The number of benzene rings is 2. The van der Waals surface area contributed by atoms with Gasteiger partial charge >= 0.3 is 0 Å². The van der Waals surface area contributed by atoms with Crippen molar-refractivity contribution in [2.24, 2.45) is 0 Å². The van der Waals surface area contributed by atoms with Crippen LogP contribution in [0.2, 0.25) is 5.02 Å². The topological polar surface area (TPSA) is 34.9 Å². The number of thioether (sulfide) groups is 1. The summed E-state index contributed by atoms with van der Waals surface area (Å²) in [5, 5.41) is 1.81. The van der Waals surface area contributed by atoms with Crippen molar-refractivity contribution >= 4 is 34.3 Å². The Morgan fingerprint density at radius 1 is 1.19 bits per heavy atom. The molecule has 0 radical (unpaired) electrons. The van der Waals surface area contributed by atoms with Gasteiger partial charge in [0.05, 0.1) is 17.4 Å². The lowest BCUT2D eigenvalue weighted by Gasteiger charge is -2.12. The van der Waals surface area contributed by atoms with Crippen molar-refractivity contribution in [3.63, 3.8) is 0 Å². The molecule has 0 N–H and O–H groups in total. The molecule has 0 amide bonds. The molecule has 0 fully saturated rings. The van der Waals surface area contributed by atoms with Gasteiger partial charge in [0.15, 0.2) is 5.16 Å². The largest absolute Gasteiger partial charge is 0.283 e. The molecule has 2 aromatic carbocycles. The minimum atomic E-state index is -0.0595. The smallest absolute Gasteiger partial charge is 0.262 e. The van der Waals surface area contributed by atoms with E-state index in [-0.39, 0.29) is 5.56 Å². The number of aromatic nitrogens is 2. The van der Waals surface area contributed by atoms with Gasteiger partial charge in [-0.1, -0.05) is 53.7 Å². The first-order valence-corrected chi connectivity index (χ1v) is 8.07. The monoisotopic (exact) mass is 316 g/mol. The van der Waals surface area contributed by atoms with E-state index in [1.165, 1.54) is 11.8 Å². The molecule has 21 heavy (non-hydrogen) atoms. The van der Waals surface area contributed by atoms with Crippen LogP contribution in [0.25, 0.3) is 10.9 Å². The molecule has 0 saturated carbocycles. The van der Waals surface area contributed by atoms with E-state index >= 15 is 0 Å². The maximum absolute atomic E-state index is 12.7. The summed E-state index contributed by atoms with van der Waals surface area (Å²) in [5.41, 5.74) is 1.69. The summed E-state index contributed by atoms with van der Waals surface area (Å²) in [6.45, 7) is 0.505. The second-order valence-electron chi connectivity index (χ2n) is 4.64. The molecule has 0 saturated heterocycles. The van der Waals surface area contributed by atoms with E-state index in [0.717, 1.165) is 5.56 Å². The summed E-state index contributed by atoms with van der Waals surface area (Å²) in [6.07, 6.45) is 1.92. The van der Waals surface area contributed by atoms with Crippen LogP contribution in [0.15, 0.2) is 58.5 Å². The maximum atomic E-state index is 12.7. The summed E-state index contributed by atoms with van der Waals surface area (Å²) in [7, 11) is 0. The van der Waals surface area contributed by atoms with Crippen molar-refractivity contribution in [3.8, 4) is 0 Å². The molecule has 0 aliphatic carbocycles. The summed E-state index contributed by atoms with van der Waals surface area (Å²) < 4.78 is 1.69. The van der Waals surface area contributed by atoms with E-state index in [9.17, 15) is 4.79 Å². The first kappa shape index (κ1) is 14.2. The fourth-order valence-corrected chi connectivity index (χ4v) is 2.96. The zero-order valence-corrected chi connectivity index (χ0v) is 13.0. The van der Waals surface area contributed by atoms with Crippen molar-refractivity contribution in [2.45, 2.75) is 11.7 Å². The molecule has 0 aliphatic rings. The molecule has 0 atom stereocenters. The first-order valence-electron chi connectivity index (χ1n) is 6.47. The lowest BCUT2D eigenvalue weighted by atomic mass is 10.2. The molecule has 0 spiro atoms. The third kappa shape index (κ3) is 2.82. The second-order valence-corrected chi connectivity index (χ2v) is 5.85. The molecule has 1 aromatic heterocycles. The zero-order valence-electron chi connectivity index (χ0n) is 11.4. The van der Waals surface area contributed by atoms with Gasteiger partial charge in [-0.3, -0.25) is 9.36 Å². The normalized spacial score (nSPS) is 11.0. The van der Waals surface area contributed by atoms with E-state index in [1.54, 1.807) is 22.8 Å². The van der Waals surface area contributed by atoms with Gasteiger partial charge in [-0.15, -0.1) is 0 Å². The van der Waals surface area contributed by atoms with Crippen LogP contribution in [0.1, 0.15) is 5.56 Å². The van der Waals surface area contributed by atoms with Crippen molar-refractivity contribution in [1.82, 2.24) is 9.55 Å². The highest BCUT2D eigenvalue weighted by molar-refractivity contribution is 7.98. The van der Waals surface area contributed by atoms with Crippen LogP contribution in [0, 0.1) is 0 Å². The Bertz CT molecular complexity index is 846. The number of rotatable bonds is 3. The predicted molar refractivity (Wildman–Crippen MR) is 88.3 cm³/mol. The SMILES string of the molecule is CSc1nc2ccc(Cl)cc2c(=O)n1Cc1ccccc1. The van der Waals surface area contributed by atoms with Gasteiger partial charge in [0, 0.05) is 5.02 Å². The number of fused-ring (bicyclic) bond motifs is 1. The Hall–Kier alpha value is -1.78. The van der Waals surface area contributed by atoms with Gasteiger partial charge in [-0.05, 0) is 30.0 Å². The fourth-order valence-electron chi connectivity index (χ4n) is 2.23. The van der Waals surface area contributed by atoms with Gasteiger partial charge < -0.3 is 0 Å². The maximum Gasteiger partial charge on any atom is 0.262 e. The lowest BCUT2D eigenvalue weighted by molar-refractivity contribution is 0.659. The third-order valence-corrected chi connectivity index (χ3v) is 4.16. The molecule has 5 heteroatoms. The highest BCUT2D eigenvalue weighted by atomic mass is 35.5. The third-order valence-electron chi connectivity index (χ3n) is 3.25. The fraction of sp³-hybridized carbons (Fsp3) is 0.125. The highest BCUT2D eigenvalue weighted by Gasteiger charge is 2.11. The number of halogens is 1. The van der Waals surface area contributed by atoms with Crippen molar-refractivity contribution in [3.05, 3.63) is 69.5 Å². The molecular formula is C16H13ClN2OS. The molecular weight excluding hydrogens is 304 g/mol. The molecule has 106 valence electrons. The van der Waals surface area contributed by atoms with Crippen LogP contribution < -0.4 is 5.56 Å². The first-order chi connectivity index (χ1) is 10.2. The van der Waals surface area contributed by atoms with Crippen LogP contribution >= 0.6 is 23.4 Å². The Morgan fingerprint density at radius 3 is 2.67 bits per heavy atom. The number of hydrogen-bond acceptors (Lipinski definition) is 3. The molecule has 3 rings (SSSR count). The summed E-state index contributed by atoms with van der Waals surface area (Å²) >= 11 is 7.46. The van der Waals surface area contributed by atoms with Crippen molar-refractivity contribution in [1.29, 1.82) is 0 Å². The predicted octanol–water partition coefficient (Wildman–Crippen LogP) is 3.82. The Morgan fingerprint density at radius 2 is 1.95 bits per heavy atom. The quantitative estimate of drug-likeness (QED) is 0.544. The van der Waals surface area contributed by atoms with Crippen molar-refractivity contribution in [2.75, 3.05) is 6.26 Å². The average Bonchev–Trinajstić information content (AvgIpc) is 2.51. The number of nitrogens with zero attached hydrogens (tertiary/aromatic N) is 2. The minimum Gasteiger partial charge on any atom is -0.283 e. The summed E-state index contributed by atoms with van der Waals surface area (Å²) in [4.78, 5) is 17.3. The molecule has 1 heterocycles. The Labute approximate surface area is 131 Å². The minimum absolute atomic E-state index is 0.0595. The average molecular weight is 317 g/mol. The van der Waals surface area contributed by atoms with Crippen LogP contribution in [-0.2, 0) is 6.54 Å². The van der Waals surface area contributed by atoms with Gasteiger partial charge in [0.25, 0.3) is 5.56 Å². The Balaban J connectivity index is 2.20. The van der Waals surface area contributed by atoms with E-state index < -0.39 is 0 Å². The van der Waals surface area contributed by atoms with Gasteiger partial charge in [0.1, 0.15) is 0 Å². The standard InChI is InChI=1S/C16H13ClN2OS/c1-21-16-18-14-8-7-12(17)9-13(14)15(20)19(16)10-11-5-3-2-4-6-11/h2-9H,10H2,1H3. The zero-order chi connectivity index (χ0) is 14.8. The molecule has 0 aliphatic heterocycles.